The number of para-hydroxylation sites is 1. The van der Waals surface area contributed by atoms with Crippen LogP contribution in [0.2, 0.25) is 0 Å². The maximum Gasteiger partial charge on any atom is 0.388 e. The third-order valence-electron chi connectivity index (χ3n) is 2.16. The van der Waals surface area contributed by atoms with E-state index < -0.39 is 11.6 Å². The second-order valence-electron chi connectivity index (χ2n) is 3.19. The topological polar surface area (TPSA) is 50.1 Å². The summed E-state index contributed by atoms with van der Waals surface area (Å²) in [5.41, 5.74) is 0.249. The number of hydrogen-bond acceptors (Lipinski definition) is 3. The van der Waals surface area contributed by atoms with Gasteiger partial charge in [-0.1, -0.05) is 10.8 Å². The van der Waals surface area contributed by atoms with Crippen LogP contribution in [0.3, 0.4) is 0 Å². The molecule has 1 heterocycles. The number of halogens is 1. The highest BCUT2D eigenvalue weighted by molar-refractivity contribution is 5.61. The molecular formula is C10H10FN2O2+. The van der Waals surface area contributed by atoms with Gasteiger partial charge in [-0.3, -0.25) is 4.52 Å². The fourth-order valence-electron chi connectivity index (χ4n) is 1.23. The molecule has 0 radical (unpaired) electrons. The highest BCUT2D eigenvalue weighted by Gasteiger charge is 2.22. The highest BCUT2D eigenvalue weighted by Crippen LogP contribution is 2.29. The molecule has 2 rings (SSSR count). The van der Waals surface area contributed by atoms with Gasteiger partial charge in [0.1, 0.15) is 12.6 Å². The van der Waals surface area contributed by atoms with E-state index in [0.717, 1.165) is 0 Å². The molecule has 0 fully saturated rings. The average Bonchev–Trinajstić information content (AvgIpc) is 2.51. The molecule has 0 aliphatic rings. The summed E-state index contributed by atoms with van der Waals surface area (Å²) < 4.78 is 19.7. The summed E-state index contributed by atoms with van der Waals surface area (Å²) >= 11 is 0. The number of hydrogen-bond donors (Lipinski definition) is 1. The summed E-state index contributed by atoms with van der Waals surface area (Å²) in [6.45, 7) is 1.75. The van der Waals surface area contributed by atoms with Crippen LogP contribution < -0.4 is 4.74 Å². The first-order chi connectivity index (χ1) is 7.09. The first-order valence-electron chi connectivity index (χ1n) is 4.41. The standard InChI is InChI=1S/C10H9FN2O2/c1-6-12-10(15-13(6)2)7-4-3-5-8(11)9(7)14/h3-5H,1-2H3/p+1. The molecule has 1 aromatic heterocycles. The third kappa shape index (κ3) is 1.56. The molecule has 0 saturated carbocycles. The van der Waals surface area contributed by atoms with Gasteiger partial charge in [-0.15, -0.1) is 0 Å². The number of aromatic hydroxyl groups is 1. The summed E-state index contributed by atoms with van der Waals surface area (Å²) in [7, 11) is 1.68. The average molecular weight is 209 g/mol. The summed E-state index contributed by atoms with van der Waals surface area (Å²) in [6.07, 6.45) is 0. The lowest BCUT2D eigenvalue weighted by Crippen LogP contribution is -2.27. The van der Waals surface area contributed by atoms with Crippen molar-refractivity contribution in [1.82, 2.24) is 4.98 Å². The fourth-order valence-corrected chi connectivity index (χ4v) is 1.23. The second-order valence-corrected chi connectivity index (χ2v) is 3.19. The van der Waals surface area contributed by atoms with Crippen molar-refractivity contribution in [3.05, 3.63) is 29.8 Å². The van der Waals surface area contributed by atoms with E-state index in [4.69, 9.17) is 4.52 Å². The first kappa shape index (κ1) is 9.64. The Morgan fingerprint density at radius 2 is 2.20 bits per heavy atom. The second kappa shape index (κ2) is 3.34. The molecule has 1 aromatic carbocycles. The van der Waals surface area contributed by atoms with E-state index in [1.165, 1.54) is 16.9 Å². The van der Waals surface area contributed by atoms with Gasteiger partial charge < -0.3 is 5.11 Å². The monoisotopic (exact) mass is 209 g/mol. The minimum Gasteiger partial charge on any atom is -0.504 e. The number of aryl methyl sites for hydroxylation is 2. The highest BCUT2D eigenvalue weighted by atomic mass is 19.1. The summed E-state index contributed by atoms with van der Waals surface area (Å²) in [6, 6.07) is 4.21. The lowest BCUT2D eigenvalue weighted by atomic mass is 10.2. The summed E-state index contributed by atoms with van der Waals surface area (Å²) in [5, 5.41) is 9.47. The van der Waals surface area contributed by atoms with Crippen LogP contribution in [-0.4, -0.2) is 10.1 Å². The van der Waals surface area contributed by atoms with Crippen LogP contribution in [0.15, 0.2) is 22.7 Å². The molecule has 0 saturated heterocycles. The van der Waals surface area contributed by atoms with E-state index in [1.807, 2.05) is 0 Å². The lowest BCUT2D eigenvalue weighted by molar-refractivity contribution is -0.848. The molecule has 0 amide bonds. The van der Waals surface area contributed by atoms with E-state index >= 15 is 0 Å². The van der Waals surface area contributed by atoms with E-state index in [2.05, 4.69) is 4.98 Å². The van der Waals surface area contributed by atoms with Crippen molar-refractivity contribution >= 4 is 0 Å². The van der Waals surface area contributed by atoms with Gasteiger partial charge in [0.25, 0.3) is 0 Å². The van der Waals surface area contributed by atoms with Crippen LogP contribution >= 0.6 is 0 Å². The molecule has 0 bridgehead atoms. The smallest absolute Gasteiger partial charge is 0.388 e. The third-order valence-corrected chi connectivity index (χ3v) is 2.16. The van der Waals surface area contributed by atoms with Gasteiger partial charge in [0.05, 0.1) is 0 Å². The van der Waals surface area contributed by atoms with Gasteiger partial charge >= 0.3 is 11.7 Å². The van der Waals surface area contributed by atoms with Crippen molar-refractivity contribution in [3.8, 4) is 17.2 Å². The van der Waals surface area contributed by atoms with Crippen molar-refractivity contribution < 1.29 is 18.8 Å². The van der Waals surface area contributed by atoms with Crippen molar-refractivity contribution in [2.45, 2.75) is 6.92 Å². The molecule has 0 spiro atoms. The quantitative estimate of drug-likeness (QED) is 0.720. The van der Waals surface area contributed by atoms with E-state index in [1.54, 1.807) is 20.0 Å². The van der Waals surface area contributed by atoms with Crippen LogP contribution in [0, 0.1) is 12.7 Å². The molecule has 0 aliphatic carbocycles. The van der Waals surface area contributed by atoms with Crippen LogP contribution in [0.25, 0.3) is 11.5 Å². The SMILES string of the molecule is Cc1nc(-c2cccc(F)c2O)o[n+]1C. The van der Waals surface area contributed by atoms with E-state index in [0.29, 0.717) is 5.82 Å². The molecule has 15 heavy (non-hydrogen) atoms. The van der Waals surface area contributed by atoms with Gasteiger partial charge in [-0.05, 0) is 12.1 Å². The van der Waals surface area contributed by atoms with Gasteiger partial charge in [-0.25, -0.2) is 4.39 Å². The molecular weight excluding hydrogens is 199 g/mol. The molecule has 1 N–H and O–H groups in total. The van der Waals surface area contributed by atoms with Gasteiger partial charge in [0.2, 0.25) is 0 Å². The number of aromatic nitrogens is 2. The summed E-state index contributed by atoms with van der Waals surface area (Å²) in [5.74, 6) is -0.286. The maximum absolute atomic E-state index is 13.0. The van der Waals surface area contributed by atoms with Gasteiger partial charge in [-0.2, -0.15) is 0 Å². The number of benzene rings is 1. The predicted molar refractivity (Wildman–Crippen MR) is 49.5 cm³/mol. The Labute approximate surface area is 85.6 Å². The van der Waals surface area contributed by atoms with Gasteiger partial charge in [0, 0.05) is 11.9 Å². The van der Waals surface area contributed by atoms with Crippen molar-refractivity contribution in [2.24, 2.45) is 7.05 Å². The maximum atomic E-state index is 13.0. The van der Waals surface area contributed by atoms with Gasteiger partial charge in [0.15, 0.2) is 11.6 Å². The van der Waals surface area contributed by atoms with Crippen LogP contribution in [0.1, 0.15) is 5.82 Å². The van der Waals surface area contributed by atoms with Crippen LogP contribution in [-0.2, 0) is 7.05 Å². The first-order valence-corrected chi connectivity index (χ1v) is 4.41. The Morgan fingerprint density at radius 3 is 2.80 bits per heavy atom. The number of nitrogens with zero attached hydrogens (tertiary/aromatic N) is 2. The lowest BCUT2D eigenvalue weighted by Gasteiger charge is -1.96. The van der Waals surface area contributed by atoms with Crippen LogP contribution in [0.4, 0.5) is 4.39 Å². The zero-order valence-corrected chi connectivity index (χ0v) is 8.36. The fraction of sp³-hybridized carbons (Fsp3) is 0.200. The van der Waals surface area contributed by atoms with Crippen molar-refractivity contribution in [1.29, 1.82) is 0 Å². The Balaban J connectivity index is 2.59. The molecule has 5 heteroatoms. The molecule has 0 aliphatic heterocycles. The Morgan fingerprint density at radius 1 is 1.47 bits per heavy atom. The molecule has 78 valence electrons. The minimum absolute atomic E-state index is 0.201. The molecule has 0 atom stereocenters. The largest absolute Gasteiger partial charge is 0.504 e. The molecule has 2 aromatic rings. The predicted octanol–water partition coefficient (Wildman–Crippen LogP) is 1.32. The molecule has 4 nitrogen and oxygen atoms in total. The number of phenolic OH excluding ortho intramolecular Hbond substituents is 1. The number of phenols is 1. The van der Waals surface area contributed by atoms with Crippen molar-refractivity contribution in [2.75, 3.05) is 0 Å². The minimum atomic E-state index is -0.689. The van der Waals surface area contributed by atoms with E-state index in [9.17, 15) is 9.50 Å². The summed E-state index contributed by atoms with van der Waals surface area (Å²) in [4.78, 5) is 4.05. The zero-order valence-electron chi connectivity index (χ0n) is 8.36. The Kier molecular flexibility index (Phi) is 2.15. The normalized spacial score (nSPS) is 10.6. The van der Waals surface area contributed by atoms with Crippen molar-refractivity contribution in [3.63, 3.8) is 0 Å². The number of rotatable bonds is 1. The molecule has 0 unspecified atom stereocenters. The zero-order chi connectivity index (χ0) is 11.0. The van der Waals surface area contributed by atoms with Crippen LogP contribution in [0.5, 0.6) is 5.75 Å². The Bertz CT molecular complexity index is 489. The van der Waals surface area contributed by atoms with E-state index in [-0.39, 0.29) is 11.5 Å². The Hall–Kier alpha value is -1.91.